The summed E-state index contributed by atoms with van der Waals surface area (Å²) < 4.78 is 0. The van der Waals surface area contributed by atoms with Crippen LogP contribution in [0.3, 0.4) is 0 Å². The molecule has 0 unspecified atom stereocenters. The lowest BCUT2D eigenvalue weighted by Gasteiger charge is -2.18. The zero-order chi connectivity index (χ0) is 11.2. The molecule has 0 bridgehead atoms. The van der Waals surface area contributed by atoms with Crippen molar-refractivity contribution in [2.75, 3.05) is 0 Å². The van der Waals surface area contributed by atoms with E-state index in [0.29, 0.717) is 0 Å². The van der Waals surface area contributed by atoms with Gasteiger partial charge >= 0.3 is 0 Å². The van der Waals surface area contributed by atoms with Gasteiger partial charge in [0.1, 0.15) is 0 Å². The molecule has 2 N–H and O–H groups in total. The van der Waals surface area contributed by atoms with Crippen molar-refractivity contribution in [1.82, 2.24) is 0 Å². The van der Waals surface area contributed by atoms with Gasteiger partial charge in [-0.05, 0) is 40.5 Å². The van der Waals surface area contributed by atoms with Gasteiger partial charge < -0.3 is 10.2 Å². The molecule has 0 atom stereocenters. The van der Waals surface area contributed by atoms with E-state index in [4.69, 9.17) is 0 Å². The first-order chi connectivity index (χ1) is 6.21. The molecule has 0 aliphatic heterocycles. The Balaban J connectivity index is 3.23. The van der Waals surface area contributed by atoms with Gasteiger partial charge in [0.15, 0.2) is 0 Å². The Morgan fingerprint density at radius 3 is 1.14 bits per heavy atom. The third kappa shape index (κ3) is 11.9. The topological polar surface area (TPSA) is 40.5 Å². The zero-order valence-electron chi connectivity index (χ0n) is 10.1. The Hall–Kier alpha value is -0.0800. The molecule has 0 aromatic heterocycles. The molecule has 0 amide bonds. The molecule has 0 aliphatic carbocycles. The molecule has 14 heavy (non-hydrogen) atoms. The molecule has 0 aliphatic rings. The highest BCUT2D eigenvalue weighted by Crippen LogP contribution is 2.17. The van der Waals surface area contributed by atoms with Crippen LogP contribution >= 0.6 is 0 Å². The summed E-state index contributed by atoms with van der Waals surface area (Å²) in [6.45, 7) is 7.40. The van der Waals surface area contributed by atoms with Gasteiger partial charge in [-0.25, -0.2) is 0 Å². The smallest absolute Gasteiger partial charge is 0.0591 e. The van der Waals surface area contributed by atoms with Crippen LogP contribution in [0, 0.1) is 0 Å². The van der Waals surface area contributed by atoms with Gasteiger partial charge in [0.25, 0.3) is 0 Å². The third-order valence-electron chi connectivity index (χ3n) is 2.33. The van der Waals surface area contributed by atoms with E-state index in [1.807, 2.05) is 27.7 Å². The summed E-state index contributed by atoms with van der Waals surface area (Å²) >= 11 is 0. The minimum absolute atomic E-state index is 0.518. The minimum Gasteiger partial charge on any atom is -0.390 e. The molecule has 2 nitrogen and oxygen atoms in total. The molecular weight excluding hydrogens is 176 g/mol. The van der Waals surface area contributed by atoms with Crippen molar-refractivity contribution >= 4 is 0 Å². The zero-order valence-corrected chi connectivity index (χ0v) is 10.1. The number of rotatable bonds is 7. The first-order valence-electron chi connectivity index (χ1n) is 5.65. The van der Waals surface area contributed by atoms with Crippen LogP contribution in [-0.2, 0) is 0 Å². The number of unbranched alkanes of at least 4 members (excludes halogenated alkanes) is 3. The van der Waals surface area contributed by atoms with E-state index in [1.54, 1.807) is 0 Å². The Morgan fingerprint density at radius 1 is 0.643 bits per heavy atom. The SMILES string of the molecule is CC(C)(O)CCCCCCC(C)(C)O. The van der Waals surface area contributed by atoms with Gasteiger partial charge in [-0.1, -0.05) is 25.7 Å². The lowest BCUT2D eigenvalue weighted by molar-refractivity contribution is 0.0632. The van der Waals surface area contributed by atoms with Crippen LogP contribution in [0.4, 0.5) is 0 Å². The van der Waals surface area contributed by atoms with Crippen molar-refractivity contribution in [1.29, 1.82) is 0 Å². The van der Waals surface area contributed by atoms with Gasteiger partial charge in [-0.3, -0.25) is 0 Å². The Kier molecular flexibility index (Phi) is 5.68. The maximum Gasteiger partial charge on any atom is 0.0591 e. The van der Waals surface area contributed by atoms with Crippen molar-refractivity contribution in [2.24, 2.45) is 0 Å². The highest BCUT2D eigenvalue weighted by molar-refractivity contribution is 4.66. The second kappa shape index (κ2) is 5.72. The predicted molar refractivity (Wildman–Crippen MR) is 60.3 cm³/mol. The van der Waals surface area contributed by atoms with Crippen LogP contribution in [0.15, 0.2) is 0 Å². The van der Waals surface area contributed by atoms with Crippen LogP contribution in [0.5, 0.6) is 0 Å². The van der Waals surface area contributed by atoms with E-state index < -0.39 is 11.2 Å². The maximum atomic E-state index is 9.46. The number of aliphatic hydroxyl groups is 2. The molecule has 0 spiro atoms. The summed E-state index contributed by atoms with van der Waals surface area (Å²) in [5, 5.41) is 18.9. The third-order valence-corrected chi connectivity index (χ3v) is 2.33. The van der Waals surface area contributed by atoms with Gasteiger partial charge in [-0.15, -0.1) is 0 Å². The molecule has 0 aromatic carbocycles. The molecule has 86 valence electrons. The summed E-state index contributed by atoms with van der Waals surface area (Å²) in [7, 11) is 0. The van der Waals surface area contributed by atoms with Crippen molar-refractivity contribution in [3.8, 4) is 0 Å². The summed E-state index contributed by atoms with van der Waals surface area (Å²) in [6, 6.07) is 0. The summed E-state index contributed by atoms with van der Waals surface area (Å²) in [5.41, 5.74) is -1.04. The van der Waals surface area contributed by atoms with Crippen molar-refractivity contribution < 1.29 is 10.2 Å². The van der Waals surface area contributed by atoms with Crippen molar-refractivity contribution in [3.63, 3.8) is 0 Å². The van der Waals surface area contributed by atoms with E-state index in [1.165, 1.54) is 0 Å². The molecule has 0 aromatic rings. The summed E-state index contributed by atoms with van der Waals surface area (Å²) in [6.07, 6.45) is 6.20. The maximum absolute atomic E-state index is 9.46. The normalized spacial score (nSPS) is 13.3. The lowest BCUT2D eigenvalue weighted by atomic mass is 9.97. The van der Waals surface area contributed by atoms with Crippen molar-refractivity contribution in [2.45, 2.75) is 77.4 Å². The van der Waals surface area contributed by atoms with Crippen molar-refractivity contribution in [3.05, 3.63) is 0 Å². The molecule has 0 saturated carbocycles. The monoisotopic (exact) mass is 202 g/mol. The van der Waals surface area contributed by atoms with Crippen LogP contribution in [0.25, 0.3) is 0 Å². The summed E-state index contributed by atoms with van der Waals surface area (Å²) in [4.78, 5) is 0. The molecule has 0 radical (unpaired) electrons. The van der Waals surface area contributed by atoms with E-state index in [9.17, 15) is 10.2 Å². The van der Waals surface area contributed by atoms with Gasteiger partial charge in [0.05, 0.1) is 11.2 Å². The molecule has 0 saturated heterocycles. The largest absolute Gasteiger partial charge is 0.390 e. The number of hydrogen-bond donors (Lipinski definition) is 2. The molecule has 0 heterocycles. The Labute approximate surface area is 88.3 Å². The minimum atomic E-state index is -0.518. The second-order valence-corrected chi connectivity index (χ2v) is 5.54. The van der Waals surface area contributed by atoms with Crippen LogP contribution < -0.4 is 0 Å². The fraction of sp³-hybridized carbons (Fsp3) is 1.00. The van der Waals surface area contributed by atoms with E-state index >= 15 is 0 Å². The highest BCUT2D eigenvalue weighted by atomic mass is 16.3. The average molecular weight is 202 g/mol. The van der Waals surface area contributed by atoms with E-state index in [2.05, 4.69) is 0 Å². The highest BCUT2D eigenvalue weighted by Gasteiger charge is 2.12. The van der Waals surface area contributed by atoms with Crippen LogP contribution in [0.2, 0.25) is 0 Å². The van der Waals surface area contributed by atoms with Gasteiger partial charge in [-0.2, -0.15) is 0 Å². The fourth-order valence-electron chi connectivity index (χ4n) is 1.47. The second-order valence-electron chi connectivity index (χ2n) is 5.54. The first-order valence-corrected chi connectivity index (χ1v) is 5.65. The standard InChI is InChI=1S/C12H26O2/c1-11(2,13)9-7-5-6-8-10-12(3,4)14/h13-14H,5-10H2,1-4H3. The van der Waals surface area contributed by atoms with E-state index in [-0.39, 0.29) is 0 Å². The molecule has 0 rings (SSSR count). The van der Waals surface area contributed by atoms with Crippen LogP contribution in [0.1, 0.15) is 66.2 Å². The van der Waals surface area contributed by atoms with E-state index in [0.717, 1.165) is 38.5 Å². The molecule has 2 heteroatoms. The van der Waals surface area contributed by atoms with Gasteiger partial charge in [0, 0.05) is 0 Å². The average Bonchev–Trinajstić information content (AvgIpc) is 1.92. The summed E-state index contributed by atoms with van der Waals surface area (Å²) in [5.74, 6) is 0. The Morgan fingerprint density at radius 2 is 0.929 bits per heavy atom. The first kappa shape index (κ1) is 13.9. The molecular formula is C12H26O2. The van der Waals surface area contributed by atoms with Gasteiger partial charge in [0.2, 0.25) is 0 Å². The number of hydrogen-bond acceptors (Lipinski definition) is 2. The predicted octanol–water partition coefficient (Wildman–Crippen LogP) is 2.87. The van der Waals surface area contributed by atoms with Crippen LogP contribution in [-0.4, -0.2) is 21.4 Å². The lowest BCUT2D eigenvalue weighted by Crippen LogP contribution is -2.18. The molecule has 0 fully saturated rings. The fourth-order valence-corrected chi connectivity index (χ4v) is 1.47. The Bertz CT molecular complexity index is 121. The quantitative estimate of drug-likeness (QED) is 0.623.